The van der Waals surface area contributed by atoms with Gasteiger partial charge in [0.1, 0.15) is 12.4 Å². The molecule has 0 N–H and O–H groups in total. The molecule has 0 aromatic carbocycles. The van der Waals surface area contributed by atoms with Gasteiger partial charge in [0.2, 0.25) is 0 Å². The second kappa shape index (κ2) is 7.09. The van der Waals surface area contributed by atoms with Gasteiger partial charge in [-0.25, -0.2) is 4.39 Å². The number of alkyl halides is 4. The Morgan fingerprint density at radius 1 is 1.33 bits per heavy atom. The van der Waals surface area contributed by atoms with E-state index in [4.69, 9.17) is 4.74 Å². The maximum atomic E-state index is 12.7. The number of rotatable bonds is 6. The summed E-state index contributed by atoms with van der Waals surface area (Å²) in [5.74, 6) is -1.97. The molecule has 21 heavy (non-hydrogen) atoms. The first-order valence-corrected chi connectivity index (χ1v) is 5.84. The lowest BCUT2D eigenvalue weighted by atomic mass is 10.1. The Morgan fingerprint density at radius 3 is 2.48 bits per heavy atom. The SMILES string of the molecule is CCOC(=O)Cc1cnc(CF)c(OC(F)(F)F)c1OC. The highest BCUT2D eigenvalue weighted by Crippen LogP contribution is 2.37. The summed E-state index contributed by atoms with van der Waals surface area (Å²) in [7, 11) is 1.08. The van der Waals surface area contributed by atoms with Crippen LogP contribution in [-0.4, -0.2) is 31.0 Å². The zero-order valence-electron chi connectivity index (χ0n) is 11.3. The number of hydrogen-bond acceptors (Lipinski definition) is 5. The number of hydrogen-bond donors (Lipinski definition) is 0. The largest absolute Gasteiger partial charge is 0.573 e. The molecule has 0 saturated heterocycles. The summed E-state index contributed by atoms with van der Waals surface area (Å²) in [5.41, 5.74) is -0.566. The van der Waals surface area contributed by atoms with Crippen LogP contribution in [0.4, 0.5) is 17.6 Å². The molecule has 0 spiro atoms. The van der Waals surface area contributed by atoms with Crippen LogP contribution in [0.25, 0.3) is 0 Å². The number of ether oxygens (including phenoxy) is 3. The van der Waals surface area contributed by atoms with Crippen molar-refractivity contribution in [1.82, 2.24) is 4.98 Å². The summed E-state index contributed by atoms with van der Waals surface area (Å²) >= 11 is 0. The van der Waals surface area contributed by atoms with Gasteiger partial charge in [-0.05, 0) is 6.92 Å². The molecular weight excluding hydrogens is 298 g/mol. The fourth-order valence-electron chi connectivity index (χ4n) is 1.58. The topological polar surface area (TPSA) is 57.7 Å². The molecule has 118 valence electrons. The van der Waals surface area contributed by atoms with Crippen LogP contribution in [0.3, 0.4) is 0 Å². The van der Waals surface area contributed by atoms with Gasteiger partial charge >= 0.3 is 12.3 Å². The Morgan fingerprint density at radius 2 is 2.00 bits per heavy atom. The Kier molecular flexibility index (Phi) is 5.74. The highest BCUT2D eigenvalue weighted by molar-refractivity contribution is 5.74. The average molecular weight is 311 g/mol. The first-order valence-electron chi connectivity index (χ1n) is 5.84. The lowest BCUT2D eigenvalue weighted by Gasteiger charge is -2.17. The minimum Gasteiger partial charge on any atom is -0.492 e. The molecule has 0 aliphatic heterocycles. The van der Waals surface area contributed by atoms with Gasteiger partial charge in [0.25, 0.3) is 0 Å². The van der Waals surface area contributed by atoms with Crippen molar-refractivity contribution in [3.63, 3.8) is 0 Å². The van der Waals surface area contributed by atoms with Crippen molar-refractivity contribution in [2.24, 2.45) is 0 Å². The van der Waals surface area contributed by atoms with Crippen molar-refractivity contribution in [2.75, 3.05) is 13.7 Å². The van der Waals surface area contributed by atoms with E-state index in [9.17, 15) is 22.4 Å². The third-order valence-corrected chi connectivity index (χ3v) is 2.32. The molecule has 0 aliphatic rings. The molecule has 0 saturated carbocycles. The molecule has 0 unspecified atom stereocenters. The van der Waals surface area contributed by atoms with Crippen molar-refractivity contribution < 1.29 is 36.6 Å². The molecule has 5 nitrogen and oxygen atoms in total. The average Bonchev–Trinajstić information content (AvgIpc) is 2.37. The highest BCUT2D eigenvalue weighted by atomic mass is 19.4. The molecule has 0 fully saturated rings. The minimum atomic E-state index is -5.04. The Labute approximate surface area is 117 Å². The third-order valence-electron chi connectivity index (χ3n) is 2.32. The van der Waals surface area contributed by atoms with E-state index in [0.29, 0.717) is 0 Å². The number of esters is 1. The van der Waals surface area contributed by atoms with Gasteiger partial charge in [-0.1, -0.05) is 0 Å². The van der Waals surface area contributed by atoms with Gasteiger partial charge < -0.3 is 14.2 Å². The van der Waals surface area contributed by atoms with Crippen molar-refractivity contribution in [3.05, 3.63) is 17.5 Å². The summed E-state index contributed by atoms with van der Waals surface area (Å²) in [5, 5.41) is 0. The van der Waals surface area contributed by atoms with Crippen LogP contribution in [0.1, 0.15) is 18.2 Å². The number of methoxy groups -OCH3 is 1. The summed E-state index contributed by atoms with van der Waals surface area (Å²) in [6.45, 7) is 0.419. The van der Waals surface area contributed by atoms with E-state index in [-0.39, 0.29) is 18.6 Å². The number of halogens is 4. The van der Waals surface area contributed by atoms with Crippen LogP contribution < -0.4 is 9.47 Å². The Balaban J connectivity index is 3.22. The van der Waals surface area contributed by atoms with Crippen LogP contribution >= 0.6 is 0 Å². The second-order valence-electron chi connectivity index (χ2n) is 3.76. The fraction of sp³-hybridized carbons (Fsp3) is 0.500. The van der Waals surface area contributed by atoms with Gasteiger partial charge in [0.15, 0.2) is 11.5 Å². The Bertz CT molecular complexity index is 505. The molecule has 0 amide bonds. The standard InChI is InChI=1S/C12H13F4NO4/c1-3-20-9(18)4-7-6-17-8(5-13)11(10(7)19-2)21-12(14,15)16/h6H,3-5H2,1-2H3. The predicted octanol–water partition coefficient (Wildman–Crippen LogP) is 2.56. The van der Waals surface area contributed by atoms with E-state index in [0.717, 1.165) is 13.3 Å². The number of aromatic nitrogens is 1. The van der Waals surface area contributed by atoms with Gasteiger partial charge in [-0.15, -0.1) is 13.2 Å². The highest BCUT2D eigenvalue weighted by Gasteiger charge is 2.35. The zero-order chi connectivity index (χ0) is 16.0. The monoisotopic (exact) mass is 311 g/mol. The van der Waals surface area contributed by atoms with Gasteiger partial charge in [0, 0.05) is 11.8 Å². The number of carbonyl (C=O) groups is 1. The van der Waals surface area contributed by atoms with Gasteiger partial charge in [-0.2, -0.15) is 0 Å². The van der Waals surface area contributed by atoms with E-state index < -0.39 is 36.2 Å². The summed E-state index contributed by atoms with van der Waals surface area (Å²) in [6, 6.07) is 0. The molecule has 1 aromatic rings. The lowest BCUT2D eigenvalue weighted by molar-refractivity contribution is -0.275. The molecule has 0 aliphatic carbocycles. The van der Waals surface area contributed by atoms with E-state index in [1.165, 1.54) is 0 Å². The van der Waals surface area contributed by atoms with Gasteiger partial charge in [0.05, 0.1) is 20.1 Å². The fourth-order valence-corrected chi connectivity index (χ4v) is 1.58. The molecular formula is C12H13F4NO4. The smallest absolute Gasteiger partial charge is 0.492 e. The summed E-state index contributed by atoms with van der Waals surface area (Å²) < 4.78 is 63.1. The quantitative estimate of drug-likeness (QED) is 0.597. The summed E-state index contributed by atoms with van der Waals surface area (Å²) in [6.07, 6.45) is -4.36. The molecule has 0 bridgehead atoms. The first kappa shape index (κ1) is 17.0. The van der Waals surface area contributed by atoms with Crippen molar-refractivity contribution in [3.8, 4) is 11.5 Å². The molecule has 1 heterocycles. The molecule has 9 heteroatoms. The van der Waals surface area contributed by atoms with Crippen LogP contribution in [0.5, 0.6) is 11.5 Å². The van der Waals surface area contributed by atoms with E-state index in [1.807, 2.05) is 0 Å². The Hall–Kier alpha value is -2.06. The maximum Gasteiger partial charge on any atom is 0.573 e. The molecule has 1 rings (SSSR count). The van der Waals surface area contributed by atoms with Crippen LogP contribution in [0, 0.1) is 0 Å². The summed E-state index contributed by atoms with van der Waals surface area (Å²) in [4.78, 5) is 14.9. The first-order chi connectivity index (χ1) is 9.82. The number of nitrogens with zero attached hydrogens (tertiary/aromatic N) is 1. The predicted molar refractivity (Wildman–Crippen MR) is 62.6 cm³/mol. The van der Waals surface area contributed by atoms with E-state index in [2.05, 4.69) is 14.5 Å². The normalized spacial score (nSPS) is 11.1. The second-order valence-corrected chi connectivity index (χ2v) is 3.76. The van der Waals surface area contributed by atoms with Crippen LogP contribution in [-0.2, 0) is 22.6 Å². The number of pyridine rings is 1. The molecule has 0 radical (unpaired) electrons. The van der Waals surface area contributed by atoms with Crippen molar-refractivity contribution in [2.45, 2.75) is 26.4 Å². The molecule has 1 aromatic heterocycles. The number of carbonyl (C=O) groups excluding carboxylic acids is 1. The maximum absolute atomic E-state index is 12.7. The van der Waals surface area contributed by atoms with E-state index in [1.54, 1.807) is 6.92 Å². The minimum absolute atomic E-state index is 0.00685. The van der Waals surface area contributed by atoms with Gasteiger partial charge in [-0.3, -0.25) is 9.78 Å². The van der Waals surface area contributed by atoms with Crippen molar-refractivity contribution >= 4 is 5.97 Å². The van der Waals surface area contributed by atoms with Crippen LogP contribution in [0.2, 0.25) is 0 Å². The zero-order valence-corrected chi connectivity index (χ0v) is 11.3. The molecule has 0 atom stereocenters. The van der Waals surface area contributed by atoms with E-state index >= 15 is 0 Å². The third kappa shape index (κ3) is 4.76. The van der Waals surface area contributed by atoms with Crippen molar-refractivity contribution in [1.29, 1.82) is 0 Å². The van der Waals surface area contributed by atoms with Crippen LogP contribution in [0.15, 0.2) is 6.20 Å². The lowest BCUT2D eigenvalue weighted by Crippen LogP contribution is -2.20.